The number of aryl methyl sites for hydroxylation is 3. The Morgan fingerprint density at radius 2 is 1.95 bits per heavy atom. The number of nitrogens with two attached hydrogens (primary N) is 1. The van der Waals surface area contributed by atoms with E-state index >= 15 is 0 Å². The SMILES string of the molecule is Cc1ccc(-n2nc(C)c3cc(CN)cnc32)c(C)c1. The Balaban J connectivity index is 2.26. The Bertz CT molecular complexity index is 787. The van der Waals surface area contributed by atoms with Crippen molar-refractivity contribution in [2.24, 2.45) is 5.73 Å². The van der Waals surface area contributed by atoms with E-state index in [9.17, 15) is 0 Å². The van der Waals surface area contributed by atoms with Crippen LogP contribution in [0.2, 0.25) is 0 Å². The van der Waals surface area contributed by atoms with Gasteiger partial charge in [-0.25, -0.2) is 9.67 Å². The number of hydrogen-bond donors (Lipinski definition) is 1. The summed E-state index contributed by atoms with van der Waals surface area (Å²) in [6.45, 7) is 6.69. The molecule has 0 radical (unpaired) electrons. The van der Waals surface area contributed by atoms with Crippen molar-refractivity contribution in [3.05, 3.63) is 52.8 Å². The zero-order chi connectivity index (χ0) is 14.3. The largest absolute Gasteiger partial charge is 0.326 e. The van der Waals surface area contributed by atoms with Crippen LogP contribution in [0, 0.1) is 20.8 Å². The lowest BCUT2D eigenvalue weighted by molar-refractivity contribution is 0.869. The van der Waals surface area contributed by atoms with Gasteiger partial charge in [0.05, 0.1) is 11.4 Å². The van der Waals surface area contributed by atoms with Gasteiger partial charge in [-0.2, -0.15) is 5.10 Å². The molecule has 0 aliphatic rings. The number of hydrogen-bond acceptors (Lipinski definition) is 3. The first-order valence-electron chi connectivity index (χ1n) is 6.72. The van der Waals surface area contributed by atoms with Crippen LogP contribution >= 0.6 is 0 Å². The third kappa shape index (κ3) is 1.98. The van der Waals surface area contributed by atoms with Crippen molar-refractivity contribution in [2.45, 2.75) is 27.3 Å². The summed E-state index contributed by atoms with van der Waals surface area (Å²) in [6.07, 6.45) is 1.82. The molecule has 0 atom stereocenters. The normalized spacial score (nSPS) is 11.2. The van der Waals surface area contributed by atoms with Crippen LogP contribution in [0.1, 0.15) is 22.4 Å². The van der Waals surface area contributed by atoms with E-state index in [2.05, 4.69) is 48.2 Å². The number of fused-ring (bicyclic) bond motifs is 1. The molecule has 2 N–H and O–H groups in total. The summed E-state index contributed by atoms with van der Waals surface area (Å²) in [5.41, 5.74) is 12.1. The summed E-state index contributed by atoms with van der Waals surface area (Å²) in [6, 6.07) is 8.42. The fourth-order valence-corrected chi connectivity index (χ4v) is 2.51. The molecule has 2 heterocycles. The minimum atomic E-state index is 0.497. The maximum Gasteiger partial charge on any atom is 0.163 e. The minimum Gasteiger partial charge on any atom is -0.326 e. The second kappa shape index (κ2) is 4.72. The average Bonchev–Trinajstić information content (AvgIpc) is 2.75. The summed E-state index contributed by atoms with van der Waals surface area (Å²) in [5.74, 6) is 0. The zero-order valence-electron chi connectivity index (χ0n) is 12.0. The van der Waals surface area contributed by atoms with E-state index in [1.807, 2.05) is 17.8 Å². The van der Waals surface area contributed by atoms with Crippen LogP contribution in [0.5, 0.6) is 0 Å². The maximum absolute atomic E-state index is 5.68. The molecule has 102 valence electrons. The number of rotatable bonds is 2. The highest BCUT2D eigenvalue weighted by molar-refractivity contribution is 5.80. The Morgan fingerprint density at radius 3 is 2.65 bits per heavy atom. The van der Waals surface area contributed by atoms with Gasteiger partial charge in [-0.05, 0) is 44.0 Å². The van der Waals surface area contributed by atoms with Crippen LogP contribution in [0.15, 0.2) is 30.5 Å². The van der Waals surface area contributed by atoms with Crippen molar-refractivity contribution in [3.63, 3.8) is 0 Å². The number of nitrogens with zero attached hydrogens (tertiary/aromatic N) is 3. The molecule has 0 aliphatic heterocycles. The first kappa shape index (κ1) is 12.8. The van der Waals surface area contributed by atoms with Gasteiger partial charge in [0.2, 0.25) is 0 Å². The van der Waals surface area contributed by atoms with Gasteiger partial charge < -0.3 is 5.73 Å². The highest BCUT2D eigenvalue weighted by Crippen LogP contribution is 2.23. The zero-order valence-corrected chi connectivity index (χ0v) is 12.0. The standard InChI is InChI=1S/C16H18N4/c1-10-4-5-15(11(2)6-10)20-16-14(12(3)19-20)7-13(8-17)9-18-16/h4-7,9H,8,17H2,1-3H3. The van der Waals surface area contributed by atoms with Crippen LogP contribution in [0.4, 0.5) is 0 Å². The van der Waals surface area contributed by atoms with Crippen LogP contribution in [0.25, 0.3) is 16.7 Å². The van der Waals surface area contributed by atoms with E-state index in [4.69, 9.17) is 5.73 Å². The topological polar surface area (TPSA) is 56.7 Å². The maximum atomic E-state index is 5.68. The van der Waals surface area contributed by atoms with Gasteiger partial charge in [-0.1, -0.05) is 17.7 Å². The average molecular weight is 266 g/mol. The fraction of sp³-hybridized carbons (Fsp3) is 0.250. The molecule has 0 saturated carbocycles. The number of benzene rings is 1. The molecule has 3 aromatic rings. The van der Waals surface area contributed by atoms with Crippen molar-refractivity contribution in [3.8, 4) is 5.69 Å². The van der Waals surface area contributed by atoms with Crippen molar-refractivity contribution >= 4 is 11.0 Å². The second-order valence-corrected chi connectivity index (χ2v) is 5.21. The van der Waals surface area contributed by atoms with Gasteiger partial charge >= 0.3 is 0 Å². The van der Waals surface area contributed by atoms with Crippen molar-refractivity contribution < 1.29 is 0 Å². The molecule has 4 nitrogen and oxygen atoms in total. The van der Waals surface area contributed by atoms with E-state index in [1.165, 1.54) is 11.1 Å². The van der Waals surface area contributed by atoms with Crippen molar-refractivity contribution in [1.29, 1.82) is 0 Å². The molecule has 3 rings (SSSR count). The molecule has 1 aromatic carbocycles. The first-order valence-corrected chi connectivity index (χ1v) is 6.72. The summed E-state index contributed by atoms with van der Waals surface area (Å²) in [5, 5.41) is 5.70. The highest BCUT2D eigenvalue weighted by Gasteiger charge is 2.12. The molecule has 0 fully saturated rings. The molecular formula is C16H18N4. The Kier molecular flexibility index (Phi) is 3.03. The van der Waals surface area contributed by atoms with Gasteiger partial charge in [0.1, 0.15) is 0 Å². The highest BCUT2D eigenvalue weighted by atomic mass is 15.3. The van der Waals surface area contributed by atoms with E-state index in [-0.39, 0.29) is 0 Å². The Labute approximate surface area is 118 Å². The van der Waals surface area contributed by atoms with Crippen LogP contribution < -0.4 is 5.73 Å². The monoisotopic (exact) mass is 266 g/mol. The predicted molar refractivity (Wildman–Crippen MR) is 81.0 cm³/mol. The molecule has 0 unspecified atom stereocenters. The van der Waals surface area contributed by atoms with E-state index < -0.39 is 0 Å². The quantitative estimate of drug-likeness (QED) is 0.776. The molecule has 0 aliphatic carbocycles. The summed E-state index contributed by atoms with van der Waals surface area (Å²) in [4.78, 5) is 4.53. The third-order valence-electron chi connectivity index (χ3n) is 3.58. The van der Waals surface area contributed by atoms with Gasteiger partial charge in [0.15, 0.2) is 5.65 Å². The lowest BCUT2D eigenvalue weighted by Crippen LogP contribution is -2.01. The van der Waals surface area contributed by atoms with Gasteiger partial charge in [-0.3, -0.25) is 0 Å². The third-order valence-corrected chi connectivity index (χ3v) is 3.58. The molecular weight excluding hydrogens is 248 g/mol. The lowest BCUT2D eigenvalue weighted by atomic mass is 10.1. The van der Waals surface area contributed by atoms with Crippen molar-refractivity contribution in [2.75, 3.05) is 0 Å². The summed E-state index contributed by atoms with van der Waals surface area (Å²) < 4.78 is 1.92. The Hall–Kier alpha value is -2.20. The molecule has 0 spiro atoms. The van der Waals surface area contributed by atoms with Gasteiger partial charge in [0, 0.05) is 18.1 Å². The summed E-state index contributed by atoms with van der Waals surface area (Å²) >= 11 is 0. The van der Waals surface area contributed by atoms with Gasteiger partial charge in [0.25, 0.3) is 0 Å². The second-order valence-electron chi connectivity index (χ2n) is 5.21. The predicted octanol–water partition coefficient (Wildman–Crippen LogP) is 2.80. The molecule has 2 aromatic heterocycles. The Morgan fingerprint density at radius 1 is 1.15 bits per heavy atom. The molecule has 0 bridgehead atoms. The van der Waals surface area contributed by atoms with Gasteiger partial charge in [-0.15, -0.1) is 0 Å². The van der Waals surface area contributed by atoms with Crippen LogP contribution in [0.3, 0.4) is 0 Å². The summed E-state index contributed by atoms with van der Waals surface area (Å²) in [7, 11) is 0. The van der Waals surface area contributed by atoms with Crippen LogP contribution in [-0.4, -0.2) is 14.8 Å². The van der Waals surface area contributed by atoms with E-state index in [1.54, 1.807) is 0 Å². The lowest BCUT2D eigenvalue weighted by Gasteiger charge is -2.07. The number of aromatic nitrogens is 3. The molecule has 0 saturated heterocycles. The smallest absolute Gasteiger partial charge is 0.163 e. The van der Waals surface area contributed by atoms with Crippen molar-refractivity contribution in [1.82, 2.24) is 14.8 Å². The molecule has 4 heteroatoms. The minimum absolute atomic E-state index is 0.497. The first-order chi connectivity index (χ1) is 9.60. The van der Waals surface area contributed by atoms with E-state index in [0.29, 0.717) is 6.54 Å². The number of pyridine rings is 1. The fourth-order valence-electron chi connectivity index (χ4n) is 2.51. The molecule has 0 amide bonds. The van der Waals surface area contributed by atoms with Crippen LogP contribution in [-0.2, 0) is 6.54 Å². The molecule has 20 heavy (non-hydrogen) atoms. The van der Waals surface area contributed by atoms with E-state index in [0.717, 1.165) is 28.0 Å².